The van der Waals surface area contributed by atoms with Gasteiger partial charge in [-0.3, -0.25) is 0 Å². The zero-order valence-corrected chi connectivity index (χ0v) is 17.2. The van der Waals surface area contributed by atoms with E-state index in [-0.39, 0.29) is 18.2 Å². The van der Waals surface area contributed by atoms with Gasteiger partial charge in [-0.1, -0.05) is 24.3 Å². The van der Waals surface area contributed by atoms with Crippen LogP contribution in [0.3, 0.4) is 0 Å². The minimum Gasteiger partial charge on any atom is -0.237 e. The molecule has 1 aliphatic carbocycles. The number of benzene rings is 2. The molecule has 0 aliphatic heterocycles. The van der Waals surface area contributed by atoms with Crippen molar-refractivity contribution in [3.8, 4) is 28.5 Å². The van der Waals surface area contributed by atoms with Gasteiger partial charge in [0.2, 0.25) is 0 Å². The number of rotatable bonds is 2. The van der Waals surface area contributed by atoms with Crippen molar-refractivity contribution in [2.45, 2.75) is 25.7 Å². The van der Waals surface area contributed by atoms with E-state index < -0.39 is 0 Å². The first-order chi connectivity index (χ1) is 13.7. The third kappa shape index (κ3) is 3.53. The molecule has 5 heteroatoms. The van der Waals surface area contributed by atoms with Crippen LogP contribution in [0.1, 0.15) is 28.8 Å². The second kappa shape index (κ2) is 7.94. The zero-order chi connectivity index (χ0) is 19.1. The average molecular weight is 421 g/mol. The van der Waals surface area contributed by atoms with E-state index in [0.717, 1.165) is 40.1 Å². The number of thiophene rings is 1. The van der Waals surface area contributed by atoms with Crippen molar-refractivity contribution < 1.29 is 4.39 Å². The van der Waals surface area contributed by atoms with E-state index >= 15 is 0 Å². The Kier molecular flexibility index (Phi) is 5.36. The third-order valence-corrected chi connectivity index (χ3v) is 6.56. The van der Waals surface area contributed by atoms with Gasteiger partial charge in [0.25, 0.3) is 0 Å². The molecule has 2 aromatic carbocycles. The Hall–Kier alpha value is -2.74. The predicted octanol–water partition coefficient (Wildman–Crippen LogP) is 6.94. The lowest BCUT2D eigenvalue weighted by atomic mass is 9.92. The molecule has 0 bridgehead atoms. The van der Waals surface area contributed by atoms with Gasteiger partial charge >= 0.3 is 0 Å². The molecule has 29 heavy (non-hydrogen) atoms. The highest BCUT2D eigenvalue weighted by Gasteiger charge is 2.21. The monoisotopic (exact) mass is 420 g/mol. The van der Waals surface area contributed by atoms with Gasteiger partial charge in [-0.25, -0.2) is 9.37 Å². The molecular weight excluding hydrogens is 403 g/mol. The molecule has 0 radical (unpaired) electrons. The second-order valence-electron chi connectivity index (χ2n) is 7.15. The number of aryl methyl sites for hydroxylation is 2. The van der Waals surface area contributed by atoms with Crippen LogP contribution in [0.2, 0.25) is 0 Å². The summed E-state index contributed by atoms with van der Waals surface area (Å²) in [5.74, 6) is -0.230. The standard InChI is InChI=1S/C24H17FN2S.ClH/c25-18-5-3-4-17(12-18)20-13-21(16-10-8-15(14-26)9-11-16)27-24-23(20)19-6-1-2-7-22(19)28-24;/h3-5,8-13H,1-2,6-7H2;1H. The maximum absolute atomic E-state index is 14.0. The quantitative estimate of drug-likeness (QED) is 0.352. The van der Waals surface area contributed by atoms with E-state index in [4.69, 9.17) is 10.2 Å². The fourth-order valence-electron chi connectivity index (χ4n) is 4.01. The maximum atomic E-state index is 14.0. The van der Waals surface area contributed by atoms with Gasteiger partial charge in [-0.15, -0.1) is 23.7 Å². The summed E-state index contributed by atoms with van der Waals surface area (Å²) in [5, 5.41) is 10.2. The number of aromatic nitrogens is 1. The highest BCUT2D eigenvalue weighted by atomic mass is 35.5. The van der Waals surface area contributed by atoms with Gasteiger partial charge in [0, 0.05) is 15.8 Å². The summed E-state index contributed by atoms with van der Waals surface area (Å²) in [6.45, 7) is 0. The summed E-state index contributed by atoms with van der Waals surface area (Å²) in [6.07, 6.45) is 4.58. The molecular formula is C24H18ClFN2S. The minimum absolute atomic E-state index is 0. The van der Waals surface area contributed by atoms with Crippen molar-refractivity contribution in [3.63, 3.8) is 0 Å². The van der Waals surface area contributed by atoms with Gasteiger partial charge in [-0.2, -0.15) is 5.26 Å². The van der Waals surface area contributed by atoms with E-state index in [1.54, 1.807) is 23.5 Å². The Labute approximate surface area is 179 Å². The SMILES string of the molecule is Cl.N#Cc1ccc(-c2cc(-c3cccc(F)c3)c3c4c(sc3n2)CCCC4)cc1. The number of nitriles is 1. The van der Waals surface area contributed by atoms with Gasteiger partial charge in [0.1, 0.15) is 10.6 Å². The molecule has 2 aromatic heterocycles. The van der Waals surface area contributed by atoms with E-state index in [9.17, 15) is 4.39 Å². The second-order valence-corrected chi connectivity index (χ2v) is 8.23. The summed E-state index contributed by atoms with van der Waals surface area (Å²) >= 11 is 1.77. The number of hydrogen-bond donors (Lipinski definition) is 0. The Morgan fingerprint density at radius 3 is 2.52 bits per heavy atom. The number of fused-ring (bicyclic) bond motifs is 3. The zero-order valence-electron chi connectivity index (χ0n) is 15.6. The largest absolute Gasteiger partial charge is 0.237 e. The van der Waals surface area contributed by atoms with E-state index in [1.165, 1.54) is 34.7 Å². The molecule has 2 heterocycles. The van der Waals surface area contributed by atoms with Crippen LogP contribution in [0, 0.1) is 17.1 Å². The van der Waals surface area contributed by atoms with Crippen molar-refractivity contribution in [2.75, 3.05) is 0 Å². The Morgan fingerprint density at radius 2 is 1.76 bits per heavy atom. The lowest BCUT2D eigenvalue weighted by Gasteiger charge is -2.13. The summed E-state index contributed by atoms with van der Waals surface area (Å²) in [5.41, 5.74) is 5.77. The minimum atomic E-state index is -0.230. The normalized spacial score (nSPS) is 12.8. The van der Waals surface area contributed by atoms with Crippen LogP contribution in [0.25, 0.3) is 32.6 Å². The van der Waals surface area contributed by atoms with Crippen molar-refractivity contribution in [1.29, 1.82) is 5.26 Å². The van der Waals surface area contributed by atoms with E-state index in [2.05, 4.69) is 12.1 Å². The topological polar surface area (TPSA) is 36.7 Å². The number of hydrogen-bond acceptors (Lipinski definition) is 3. The van der Waals surface area contributed by atoms with Gasteiger partial charge in [0.15, 0.2) is 0 Å². The van der Waals surface area contributed by atoms with E-state index in [0.29, 0.717) is 5.56 Å². The average Bonchev–Trinajstić information content (AvgIpc) is 3.11. The molecule has 0 saturated heterocycles. The lowest BCUT2D eigenvalue weighted by Crippen LogP contribution is -1.99. The van der Waals surface area contributed by atoms with Gasteiger partial charge < -0.3 is 0 Å². The summed E-state index contributed by atoms with van der Waals surface area (Å²) in [7, 11) is 0. The Morgan fingerprint density at radius 1 is 0.966 bits per heavy atom. The van der Waals surface area contributed by atoms with Crippen LogP contribution < -0.4 is 0 Å². The van der Waals surface area contributed by atoms with Crippen LogP contribution in [-0.2, 0) is 12.8 Å². The molecule has 0 spiro atoms. The van der Waals surface area contributed by atoms with Gasteiger partial charge in [-0.05, 0) is 72.7 Å². The number of halogens is 2. The number of nitrogens with zero attached hydrogens (tertiary/aromatic N) is 2. The third-order valence-electron chi connectivity index (χ3n) is 5.37. The fourth-order valence-corrected chi connectivity index (χ4v) is 5.29. The molecule has 0 unspecified atom stereocenters. The molecule has 2 nitrogen and oxygen atoms in total. The van der Waals surface area contributed by atoms with Crippen molar-refractivity contribution >= 4 is 34.0 Å². The molecule has 0 N–H and O–H groups in total. The first-order valence-corrected chi connectivity index (χ1v) is 10.3. The first-order valence-electron chi connectivity index (χ1n) is 9.45. The smallest absolute Gasteiger partial charge is 0.125 e. The van der Waals surface area contributed by atoms with Crippen LogP contribution in [0.5, 0.6) is 0 Å². The van der Waals surface area contributed by atoms with Crippen molar-refractivity contribution in [3.05, 3.63) is 76.4 Å². The molecule has 5 rings (SSSR count). The molecule has 1 aliphatic rings. The molecule has 144 valence electrons. The first kappa shape index (κ1) is 19.6. The predicted molar refractivity (Wildman–Crippen MR) is 119 cm³/mol. The maximum Gasteiger partial charge on any atom is 0.125 e. The molecule has 0 amide bonds. The summed E-state index contributed by atoms with van der Waals surface area (Å²) in [4.78, 5) is 7.40. The van der Waals surface area contributed by atoms with Crippen molar-refractivity contribution in [2.24, 2.45) is 0 Å². The highest BCUT2D eigenvalue weighted by molar-refractivity contribution is 7.19. The molecule has 4 aromatic rings. The van der Waals surface area contributed by atoms with Crippen LogP contribution in [0.15, 0.2) is 54.6 Å². The number of pyridine rings is 1. The summed E-state index contributed by atoms with van der Waals surface area (Å²) in [6, 6.07) is 18.5. The fraction of sp³-hybridized carbons (Fsp3) is 0.167. The van der Waals surface area contributed by atoms with Crippen LogP contribution in [-0.4, -0.2) is 4.98 Å². The Balaban J connectivity index is 0.00000205. The molecule has 0 atom stereocenters. The lowest BCUT2D eigenvalue weighted by molar-refractivity contribution is 0.628. The van der Waals surface area contributed by atoms with E-state index in [1.807, 2.05) is 30.3 Å². The molecule has 0 saturated carbocycles. The molecule has 0 fully saturated rings. The van der Waals surface area contributed by atoms with Crippen molar-refractivity contribution in [1.82, 2.24) is 4.98 Å². The highest BCUT2D eigenvalue weighted by Crippen LogP contribution is 2.42. The van der Waals surface area contributed by atoms with Gasteiger partial charge in [0.05, 0.1) is 17.3 Å². The summed E-state index contributed by atoms with van der Waals surface area (Å²) < 4.78 is 14.0. The Bertz CT molecular complexity index is 1240. The van der Waals surface area contributed by atoms with Crippen LogP contribution >= 0.6 is 23.7 Å². The van der Waals surface area contributed by atoms with Crippen LogP contribution in [0.4, 0.5) is 4.39 Å².